The third-order valence-electron chi connectivity index (χ3n) is 2.46. The third kappa shape index (κ3) is 29.3. The number of hydrogen-bond acceptors (Lipinski definition) is 7. The molecule has 8 nitrogen and oxygen atoms in total. The lowest BCUT2D eigenvalue weighted by molar-refractivity contribution is -0.136. The molecule has 0 aliphatic carbocycles. The molecule has 0 bridgehead atoms. The van der Waals surface area contributed by atoms with E-state index in [1.54, 1.807) is 14.0 Å². The maximum absolute atomic E-state index is 9.37. The molecular weight excluding hydrogens is 320 g/mol. The van der Waals surface area contributed by atoms with E-state index in [1.807, 2.05) is 20.8 Å². The average Bonchev–Trinajstić information content (AvgIpc) is 2.58. The molecule has 0 radical (unpaired) electrons. The summed E-state index contributed by atoms with van der Waals surface area (Å²) in [6.07, 6.45) is -0.329. The zero-order valence-electron chi connectivity index (χ0n) is 15.8. The van der Waals surface area contributed by atoms with Crippen LogP contribution < -0.4 is 0 Å². The molecule has 8 heteroatoms. The number of aliphatic hydroxyl groups excluding tert-OH is 3. The van der Waals surface area contributed by atoms with Crippen molar-refractivity contribution in [3.63, 3.8) is 0 Å². The molecular formula is C16H36O8. The molecule has 0 aliphatic rings. The Balaban J connectivity index is -0.000000361. The van der Waals surface area contributed by atoms with Gasteiger partial charge in [0.05, 0.1) is 50.8 Å². The number of carbonyl (C=O) groups is 1. The molecule has 4 unspecified atom stereocenters. The molecule has 0 saturated carbocycles. The van der Waals surface area contributed by atoms with Crippen molar-refractivity contribution in [2.45, 2.75) is 65.5 Å². The number of aliphatic carboxylic acids is 1. The summed E-state index contributed by atoms with van der Waals surface area (Å²) in [6, 6.07) is 0. The summed E-state index contributed by atoms with van der Waals surface area (Å²) in [7, 11) is 1.66. The topological polar surface area (TPSA) is 126 Å². The minimum absolute atomic E-state index is 0.0293. The molecule has 24 heavy (non-hydrogen) atoms. The molecule has 148 valence electrons. The van der Waals surface area contributed by atoms with Crippen molar-refractivity contribution < 1.29 is 39.4 Å². The lowest BCUT2D eigenvalue weighted by Gasteiger charge is -2.18. The fraction of sp³-hybridized carbons (Fsp3) is 0.938. The van der Waals surface area contributed by atoms with Gasteiger partial charge in [-0.25, -0.2) is 0 Å². The fourth-order valence-electron chi connectivity index (χ4n) is 0.768. The lowest BCUT2D eigenvalue weighted by Crippen LogP contribution is -2.25. The minimum atomic E-state index is -0.745. The van der Waals surface area contributed by atoms with Crippen LogP contribution in [0.4, 0.5) is 0 Å². The molecule has 4 N–H and O–H groups in total. The molecule has 0 aliphatic heterocycles. The fourth-order valence-corrected chi connectivity index (χ4v) is 0.768. The second-order valence-electron chi connectivity index (χ2n) is 5.30. The van der Waals surface area contributed by atoms with E-state index in [1.165, 1.54) is 6.92 Å². The summed E-state index contributed by atoms with van der Waals surface area (Å²) in [6.45, 7) is 9.80. The van der Waals surface area contributed by atoms with Crippen molar-refractivity contribution in [1.29, 1.82) is 0 Å². The highest BCUT2D eigenvalue weighted by Gasteiger charge is 2.08. The summed E-state index contributed by atoms with van der Waals surface area (Å²) in [5, 5.41) is 32.4. The van der Waals surface area contributed by atoms with Gasteiger partial charge in [0.2, 0.25) is 0 Å². The van der Waals surface area contributed by atoms with Crippen LogP contribution in [0.3, 0.4) is 0 Å². The van der Waals surface area contributed by atoms with Gasteiger partial charge in [-0.15, -0.1) is 0 Å². The van der Waals surface area contributed by atoms with Crippen molar-refractivity contribution in [2.75, 3.05) is 33.5 Å². The van der Waals surface area contributed by atoms with Crippen LogP contribution in [0.25, 0.3) is 0 Å². The van der Waals surface area contributed by atoms with E-state index in [2.05, 4.69) is 0 Å². The first-order chi connectivity index (χ1) is 11.1. The van der Waals surface area contributed by atoms with Crippen molar-refractivity contribution >= 4 is 5.97 Å². The molecule has 0 heterocycles. The SMILES string of the molecule is CC(O)CO.CCC(=O)O.COC(C)COC(C)COC(C)CO. The predicted molar refractivity (Wildman–Crippen MR) is 91.1 cm³/mol. The minimum Gasteiger partial charge on any atom is -0.481 e. The highest BCUT2D eigenvalue weighted by Crippen LogP contribution is 1.98. The maximum Gasteiger partial charge on any atom is 0.303 e. The van der Waals surface area contributed by atoms with Crippen molar-refractivity contribution in [2.24, 2.45) is 0 Å². The predicted octanol–water partition coefficient (Wildman–Crippen LogP) is 0.664. The number of rotatable bonds is 10. The summed E-state index contributed by atoms with van der Waals surface area (Å²) < 4.78 is 15.8. The molecule has 0 amide bonds. The summed E-state index contributed by atoms with van der Waals surface area (Å²) in [4.78, 5) is 9.37. The summed E-state index contributed by atoms with van der Waals surface area (Å²) >= 11 is 0. The molecule has 0 aromatic carbocycles. The Morgan fingerprint density at radius 1 is 0.917 bits per heavy atom. The van der Waals surface area contributed by atoms with Crippen LogP contribution >= 0.6 is 0 Å². The first-order valence-electron chi connectivity index (χ1n) is 8.01. The number of carboxylic acids is 1. The van der Waals surface area contributed by atoms with E-state index in [0.717, 1.165) is 0 Å². The van der Waals surface area contributed by atoms with Gasteiger partial charge in [-0.1, -0.05) is 6.92 Å². The number of methoxy groups -OCH3 is 1. The Morgan fingerprint density at radius 2 is 1.29 bits per heavy atom. The first-order valence-corrected chi connectivity index (χ1v) is 8.01. The van der Waals surface area contributed by atoms with Crippen molar-refractivity contribution in [1.82, 2.24) is 0 Å². The van der Waals surface area contributed by atoms with E-state index in [4.69, 9.17) is 34.6 Å². The van der Waals surface area contributed by atoms with Crippen LogP contribution in [-0.2, 0) is 19.0 Å². The molecule has 0 aromatic rings. The van der Waals surface area contributed by atoms with Gasteiger partial charge >= 0.3 is 5.97 Å². The average molecular weight is 356 g/mol. The molecule has 0 rings (SSSR count). The molecule has 0 spiro atoms. The third-order valence-corrected chi connectivity index (χ3v) is 2.46. The zero-order chi connectivity index (χ0) is 19.5. The van der Waals surface area contributed by atoms with Crippen LogP contribution in [0.5, 0.6) is 0 Å². The Morgan fingerprint density at radius 3 is 1.58 bits per heavy atom. The molecule has 0 saturated heterocycles. The number of carboxylic acid groups (broad SMARTS) is 1. The van der Waals surface area contributed by atoms with E-state index < -0.39 is 12.1 Å². The number of ether oxygens (including phenoxy) is 3. The normalized spacial score (nSPS) is 15.0. The van der Waals surface area contributed by atoms with Crippen LogP contribution in [0, 0.1) is 0 Å². The zero-order valence-corrected chi connectivity index (χ0v) is 15.8. The van der Waals surface area contributed by atoms with Crippen LogP contribution in [-0.4, -0.2) is 84.3 Å². The van der Waals surface area contributed by atoms with Gasteiger partial charge in [-0.2, -0.15) is 0 Å². The quantitative estimate of drug-likeness (QED) is 0.450. The number of hydrogen-bond donors (Lipinski definition) is 4. The Hall–Kier alpha value is -0.770. The van der Waals surface area contributed by atoms with E-state index in [-0.39, 0.29) is 37.9 Å². The van der Waals surface area contributed by atoms with Gasteiger partial charge in [0.15, 0.2) is 0 Å². The van der Waals surface area contributed by atoms with E-state index >= 15 is 0 Å². The largest absolute Gasteiger partial charge is 0.481 e. The first kappa shape index (κ1) is 28.1. The number of aliphatic hydroxyl groups is 3. The van der Waals surface area contributed by atoms with Crippen LogP contribution in [0.2, 0.25) is 0 Å². The molecule has 0 aromatic heterocycles. The molecule has 0 fully saturated rings. The van der Waals surface area contributed by atoms with Crippen LogP contribution in [0.15, 0.2) is 0 Å². The highest BCUT2D eigenvalue weighted by atomic mass is 16.6. The van der Waals surface area contributed by atoms with Gasteiger partial charge in [0, 0.05) is 13.5 Å². The maximum atomic E-state index is 9.37. The second-order valence-corrected chi connectivity index (χ2v) is 5.30. The smallest absolute Gasteiger partial charge is 0.303 e. The molecule has 4 atom stereocenters. The van der Waals surface area contributed by atoms with Gasteiger partial charge in [0.1, 0.15) is 0 Å². The summed E-state index contributed by atoms with van der Waals surface area (Å²) in [5.41, 5.74) is 0. The standard InChI is InChI=1S/C10H22O4.C3H8O2.C3H6O2/c1-8(5-11)13-7-10(3)14-6-9(2)12-4;1-3(5)2-4;1-2-3(4)5/h8-11H,5-7H2,1-4H3;3-5H,2H2,1H3;2H2,1H3,(H,4,5). The van der Waals surface area contributed by atoms with E-state index in [0.29, 0.717) is 13.2 Å². The Bertz CT molecular complexity index is 246. The van der Waals surface area contributed by atoms with Gasteiger partial charge in [-0.05, 0) is 27.7 Å². The van der Waals surface area contributed by atoms with Gasteiger partial charge in [0.25, 0.3) is 0 Å². The van der Waals surface area contributed by atoms with Crippen LogP contribution in [0.1, 0.15) is 41.0 Å². The summed E-state index contributed by atoms with van der Waals surface area (Å²) in [5.74, 6) is -0.745. The lowest BCUT2D eigenvalue weighted by atomic mass is 10.4. The Kier molecular flexibility index (Phi) is 23.7. The van der Waals surface area contributed by atoms with Gasteiger partial charge in [-0.3, -0.25) is 4.79 Å². The second kappa shape index (κ2) is 20.3. The monoisotopic (exact) mass is 356 g/mol. The Labute approximate surface area is 145 Å². The van der Waals surface area contributed by atoms with Crippen molar-refractivity contribution in [3.05, 3.63) is 0 Å². The van der Waals surface area contributed by atoms with Gasteiger partial charge < -0.3 is 34.6 Å². The van der Waals surface area contributed by atoms with E-state index in [9.17, 15) is 4.79 Å². The van der Waals surface area contributed by atoms with Crippen molar-refractivity contribution in [3.8, 4) is 0 Å². The highest BCUT2D eigenvalue weighted by molar-refractivity contribution is 5.66.